The van der Waals surface area contributed by atoms with Crippen LogP contribution < -0.4 is 29.6 Å². The first kappa shape index (κ1) is 31.0. The number of hydrogen-bond donors (Lipinski definition) is 2. The number of carbonyl (C=O) groups is 2. The molecule has 0 saturated carbocycles. The van der Waals surface area contributed by atoms with E-state index in [-0.39, 0.29) is 5.91 Å². The maximum Gasteiger partial charge on any atom is 0.248 e. The molecular formula is C34H32N4O6. The molecule has 0 unspecified atom stereocenters. The first-order chi connectivity index (χ1) is 21.4. The van der Waals surface area contributed by atoms with Crippen molar-refractivity contribution in [2.75, 3.05) is 39.1 Å². The van der Waals surface area contributed by atoms with Crippen LogP contribution >= 0.6 is 0 Å². The fourth-order valence-corrected chi connectivity index (χ4v) is 4.02. The highest BCUT2D eigenvalue weighted by molar-refractivity contribution is 6.05. The summed E-state index contributed by atoms with van der Waals surface area (Å²) in [7, 11) is 6.20. The van der Waals surface area contributed by atoms with Crippen molar-refractivity contribution in [3.8, 4) is 23.0 Å². The Labute approximate surface area is 255 Å². The van der Waals surface area contributed by atoms with E-state index < -0.39 is 5.91 Å². The van der Waals surface area contributed by atoms with Crippen LogP contribution in [0, 0.1) is 0 Å². The van der Waals surface area contributed by atoms with Crippen molar-refractivity contribution in [2.45, 2.75) is 0 Å². The molecule has 0 aliphatic rings. The number of ether oxygens (including phenoxy) is 4. The van der Waals surface area contributed by atoms with Crippen LogP contribution in [0.25, 0.3) is 12.2 Å². The van der Waals surface area contributed by atoms with Gasteiger partial charge in [0.2, 0.25) is 11.8 Å². The molecule has 0 aliphatic heterocycles. The second-order valence-corrected chi connectivity index (χ2v) is 9.14. The molecule has 44 heavy (non-hydrogen) atoms. The van der Waals surface area contributed by atoms with Crippen LogP contribution in [-0.4, -0.2) is 40.3 Å². The van der Waals surface area contributed by atoms with Gasteiger partial charge in [-0.05, 0) is 77.9 Å². The van der Waals surface area contributed by atoms with Crippen LogP contribution in [0.3, 0.4) is 0 Å². The molecule has 4 aromatic carbocycles. The van der Waals surface area contributed by atoms with Crippen molar-refractivity contribution in [1.82, 2.24) is 0 Å². The average molecular weight is 593 g/mol. The molecule has 0 bridgehead atoms. The largest absolute Gasteiger partial charge is 0.493 e. The van der Waals surface area contributed by atoms with Gasteiger partial charge in [-0.15, -0.1) is 5.11 Å². The Hall–Kier alpha value is -5.90. The average Bonchev–Trinajstić information content (AvgIpc) is 3.06. The lowest BCUT2D eigenvalue weighted by Gasteiger charge is -2.10. The molecule has 4 rings (SSSR count). The van der Waals surface area contributed by atoms with E-state index in [2.05, 4.69) is 20.9 Å². The van der Waals surface area contributed by atoms with E-state index in [1.807, 2.05) is 30.3 Å². The van der Waals surface area contributed by atoms with Gasteiger partial charge in [0.15, 0.2) is 23.0 Å². The van der Waals surface area contributed by atoms with Gasteiger partial charge in [0.25, 0.3) is 0 Å². The summed E-state index contributed by atoms with van der Waals surface area (Å²) in [6.45, 7) is 0. The quantitative estimate of drug-likeness (QED) is 0.130. The maximum atomic E-state index is 12.9. The molecule has 0 fully saturated rings. The topological polar surface area (TPSA) is 120 Å². The van der Waals surface area contributed by atoms with Crippen LogP contribution in [0.1, 0.15) is 11.1 Å². The van der Waals surface area contributed by atoms with Gasteiger partial charge in [0, 0.05) is 17.8 Å². The third kappa shape index (κ3) is 8.56. The van der Waals surface area contributed by atoms with Crippen LogP contribution in [0.5, 0.6) is 23.0 Å². The number of hydrogen-bond acceptors (Lipinski definition) is 8. The summed E-state index contributed by atoms with van der Waals surface area (Å²) in [5.74, 6) is 1.49. The predicted molar refractivity (Wildman–Crippen MR) is 171 cm³/mol. The third-order valence-corrected chi connectivity index (χ3v) is 6.22. The number of rotatable bonds is 12. The van der Waals surface area contributed by atoms with E-state index in [4.69, 9.17) is 18.9 Å². The maximum absolute atomic E-state index is 12.9. The zero-order valence-corrected chi connectivity index (χ0v) is 24.7. The minimum absolute atomic E-state index is 0.355. The van der Waals surface area contributed by atoms with Crippen LogP contribution in [0.15, 0.2) is 107 Å². The Kier molecular flexibility index (Phi) is 10.8. The Balaban J connectivity index is 1.53. The van der Waals surface area contributed by atoms with E-state index >= 15 is 0 Å². The molecule has 0 spiro atoms. The first-order valence-corrected chi connectivity index (χ1v) is 13.5. The lowest BCUT2D eigenvalue weighted by Crippen LogP contribution is -2.10. The van der Waals surface area contributed by atoms with E-state index in [1.165, 1.54) is 12.2 Å². The molecule has 0 atom stereocenters. The van der Waals surface area contributed by atoms with Gasteiger partial charge in [0.05, 0.1) is 39.8 Å². The molecule has 0 aliphatic carbocycles. The molecule has 10 heteroatoms. The number of nitrogens with zero attached hydrogens (tertiary/aromatic N) is 2. The molecule has 0 radical (unpaired) electrons. The standard InChI is InChI=1S/C34H32N4O6/c1-41-29-16-10-23(20-31(29)43-3)12-18-33(39)35-26-14-15-27(38-37-25-8-6-5-7-9-25)28(22-26)36-34(40)19-13-24-11-17-30(42-2)32(21-24)44-4/h5-22H,1-4H3,(H,35,39)(H,36,40)/b18-12+,19-13+,38-37?. The van der Waals surface area contributed by atoms with Gasteiger partial charge in [-0.1, -0.05) is 30.3 Å². The minimum atomic E-state index is -0.409. The molecule has 224 valence electrons. The van der Waals surface area contributed by atoms with E-state index in [0.717, 1.165) is 11.1 Å². The Morgan fingerprint density at radius 2 is 1.14 bits per heavy atom. The normalized spacial score (nSPS) is 11.1. The van der Waals surface area contributed by atoms with Crippen molar-refractivity contribution < 1.29 is 28.5 Å². The summed E-state index contributed by atoms with van der Waals surface area (Å²) in [5, 5.41) is 14.2. The highest BCUT2D eigenvalue weighted by atomic mass is 16.5. The predicted octanol–water partition coefficient (Wildman–Crippen LogP) is 7.44. The highest BCUT2D eigenvalue weighted by Gasteiger charge is 2.10. The molecule has 0 heterocycles. The smallest absolute Gasteiger partial charge is 0.248 e. The summed E-state index contributed by atoms with van der Waals surface area (Å²) in [6, 6.07) is 24.8. The van der Waals surface area contributed by atoms with Crippen molar-refractivity contribution in [1.29, 1.82) is 0 Å². The summed E-state index contributed by atoms with van der Waals surface area (Å²) in [5.41, 5.74) is 3.35. The zero-order chi connectivity index (χ0) is 31.3. The number of benzene rings is 4. The summed E-state index contributed by atoms with van der Waals surface area (Å²) < 4.78 is 21.2. The van der Waals surface area contributed by atoms with Crippen molar-refractivity contribution in [3.05, 3.63) is 108 Å². The number of anilines is 2. The fraction of sp³-hybridized carbons (Fsp3) is 0.118. The summed E-state index contributed by atoms with van der Waals surface area (Å²) >= 11 is 0. The third-order valence-electron chi connectivity index (χ3n) is 6.22. The Morgan fingerprint density at radius 1 is 0.591 bits per heavy atom. The monoisotopic (exact) mass is 592 g/mol. The van der Waals surface area contributed by atoms with E-state index in [1.54, 1.807) is 95.2 Å². The summed E-state index contributed by atoms with van der Waals surface area (Å²) in [6.07, 6.45) is 6.08. The van der Waals surface area contributed by atoms with Crippen molar-refractivity contribution in [3.63, 3.8) is 0 Å². The van der Waals surface area contributed by atoms with Crippen molar-refractivity contribution in [2.24, 2.45) is 10.2 Å². The van der Waals surface area contributed by atoms with Crippen LogP contribution in [0.2, 0.25) is 0 Å². The van der Waals surface area contributed by atoms with Gasteiger partial charge in [0.1, 0.15) is 5.69 Å². The minimum Gasteiger partial charge on any atom is -0.493 e. The molecular weight excluding hydrogens is 560 g/mol. The zero-order valence-electron chi connectivity index (χ0n) is 24.7. The second kappa shape index (κ2) is 15.4. The van der Waals surface area contributed by atoms with Crippen LogP contribution in [0.4, 0.5) is 22.7 Å². The number of amides is 2. The number of nitrogens with one attached hydrogen (secondary N) is 2. The van der Waals surface area contributed by atoms with Crippen LogP contribution in [-0.2, 0) is 9.59 Å². The molecule has 10 nitrogen and oxygen atoms in total. The summed E-state index contributed by atoms with van der Waals surface area (Å²) in [4.78, 5) is 25.7. The van der Waals surface area contributed by atoms with Gasteiger partial charge < -0.3 is 29.6 Å². The molecule has 4 aromatic rings. The highest BCUT2D eigenvalue weighted by Crippen LogP contribution is 2.31. The number of azo groups is 1. The molecule has 2 amide bonds. The van der Waals surface area contributed by atoms with E-state index in [9.17, 15) is 9.59 Å². The van der Waals surface area contributed by atoms with E-state index in [0.29, 0.717) is 45.7 Å². The molecule has 0 aromatic heterocycles. The van der Waals surface area contributed by atoms with Gasteiger partial charge >= 0.3 is 0 Å². The SMILES string of the molecule is COc1ccc(/C=C/C(=O)Nc2ccc(N=Nc3ccccc3)c(NC(=O)/C=C/c3ccc(OC)c(OC)c3)c2)cc1OC. The number of carbonyl (C=O) groups excluding carboxylic acids is 2. The van der Waals surface area contributed by atoms with Crippen molar-refractivity contribution >= 4 is 46.7 Å². The second-order valence-electron chi connectivity index (χ2n) is 9.14. The Bertz CT molecular complexity index is 1700. The Morgan fingerprint density at radius 3 is 1.68 bits per heavy atom. The van der Waals surface area contributed by atoms with Gasteiger partial charge in [-0.2, -0.15) is 5.11 Å². The molecule has 2 N–H and O–H groups in total. The lowest BCUT2D eigenvalue weighted by molar-refractivity contribution is -0.112. The number of methoxy groups -OCH3 is 4. The lowest BCUT2D eigenvalue weighted by atomic mass is 10.1. The van der Waals surface area contributed by atoms with Gasteiger partial charge in [-0.25, -0.2) is 0 Å². The van der Waals surface area contributed by atoms with Gasteiger partial charge in [-0.3, -0.25) is 9.59 Å². The molecule has 0 saturated heterocycles. The fourth-order valence-electron chi connectivity index (χ4n) is 4.02. The first-order valence-electron chi connectivity index (χ1n) is 13.5.